The minimum atomic E-state index is -0.0828. The standard InChI is InChI=1S/C61H51BN2O2/c1-34-24-35(2)57(36(3)25-34)62-48-33-56-47(45-22-19-41(61(7,8)9)30-55(45)66-56)32-49(48)64-51-27-38-15-11-10-14-37(38)26-50(51)63(52-28-39-16-12-13-17-43(39)58(62)59(52)64)42-20-23-53-46(31-42)44-21-18-40(60(4,5)6)29-54(44)65-53/h10-33H,1-9H3. The molecule has 0 amide bonds. The number of furan rings is 2. The molecule has 2 aromatic heterocycles. The topological polar surface area (TPSA) is 32.8 Å². The molecule has 4 heterocycles. The van der Waals surface area contributed by atoms with Crippen molar-refractivity contribution < 1.29 is 8.83 Å². The van der Waals surface area contributed by atoms with Crippen LogP contribution in [0.2, 0.25) is 0 Å². The Labute approximate surface area is 386 Å². The molecule has 2 aliphatic rings. The van der Waals surface area contributed by atoms with Crippen LogP contribution < -0.4 is 26.2 Å². The van der Waals surface area contributed by atoms with Gasteiger partial charge in [-0.25, -0.2) is 0 Å². The molecule has 0 N–H and O–H groups in total. The van der Waals surface area contributed by atoms with Crippen molar-refractivity contribution in [1.82, 2.24) is 0 Å². The third-order valence-corrected chi connectivity index (χ3v) is 14.8. The first kappa shape index (κ1) is 39.2. The molecule has 0 saturated carbocycles. The quantitative estimate of drug-likeness (QED) is 0.162. The van der Waals surface area contributed by atoms with E-state index in [-0.39, 0.29) is 17.5 Å². The Hall–Kier alpha value is -7.24. The highest BCUT2D eigenvalue weighted by Gasteiger charge is 2.44. The van der Waals surface area contributed by atoms with Gasteiger partial charge in [-0.1, -0.05) is 149 Å². The van der Waals surface area contributed by atoms with Crippen LogP contribution in [0.5, 0.6) is 0 Å². The number of hydrogen-bond donors (Lipinski definition) is 0. The fraction of sp³-hybridized carbons (Fsp3) is 0.180. The van der Waals surface area contributed by atoms with Crippen molar-refractivity contribution in [1.29, 1.82) is 0 Å². The summed E-state index contributed by atoms with van der Waals surface area (Å²) in [7, 11) is 0. The summed E-state index contributed by atoms with van der Waals surface area (Å²) in [6.07, 6.45) is 0. The molecule has 0 spiro atoms. The molecule has 4 nitrogen and oxygen atoms in total. The lowest BCUT2D eigenvalue weighted by Crippen LogP contribution is -2.59. The second-order valence-electron chi connectivity index (χ2n) is 21.2. The van der Waals surface area contributed by atoms with E-state index < -0.39 is 0 Å². The largest absolute Gasteiger partial charge is 0.456 e. The van der Waals surface area contributed by atoms with E-state index in [1.54, 1.807) is 0 Å². The maximum atomic E-state index is 6.95. The van der Waals surface area contributed by atoms with Crippen LogP contribution in [0, 0.1) is 20.8 Å². The van der Waals surface area contributed by atoms with E-state index in [1.165, 1.54) is 77.1 Å². The average Bonchev–Trinajstić information content (AvgIpc) is 3.84. The maximum absolute atomic E-state index is 6.95. The summed E-state index contributed by atoms with van der Waals surface area (Å²) in [6, 6.07) is 54.9. The lowest BCUT2D eigenvalue weighted by molar-refractivity contribution is 0.587. The zero-order valence-corrected chi connectivity index (χ0v) is 39.1. The number of fused-ring (bicyclic) bond motifs is 13. The Bertz CT molecular complexity index is 3890. The molecule has 0 aliphatic carbocycles. The first-order chi connectivity index (χ1) is 31.7. The predicted octanol–water partition coefficient (Wildman–Crippen LogP) is 15.4. The van der Waals surface area contributed by atoms with Gasteiger partial charge >= 0.3 is 0 Å². The highest BCUT2D eigenvalue weighted by molar-refractivity contribution is 7.00. The Morgan fingerprint density at radius 3 is 1.59 bits per heavy atom. The van der Waals surface area contributed by atoms with E-state index in [0.717, 1.165) is 66.6 Å². The van der Waals surface area contributed by atoms with Crippen LogP contribution in [0.3, 0.4) is 0 Å². The zero-order chi connectivity index (χ0) is 45.1. The molecule has 0 bridgehead atoms. The number of anilines is 6. The molecule has 0 radical (unpaired) electrons. The van der Waals surface area contributed by atoms with Crippen LogP contribution in [0.25, 0.3) is 65.4 Å². The second kappa shape index (κ2) is 13.4. The van der Waals surface area contributed by atoms with E-state index in [0.29, 0.717) is 0 Å². The molecule has 66 heavy (non-hydrogen) atoms. The summed E-state index contributed by atoms with van der Waals surface area (Å²) in [4.78, 5) is 5.13. The number of hydrogen-bond acceptors (Lipinski definition) is 4. The van der Waals surface area contributed by atoms with Crippen LogP contribution in [0.4, 0.5) is 34.1 Å². The Morgan fingerprint density at radius 1 is 0.409 bits per heavy atom. The Morgan fingerprint density at radius 2 is 0.955 bits per heavy atom. The summed E-state index contributed by atoms with van der Waals surface area (Å²) in [5.74, 6) is 0. The number of nitrogens with zero attached hydrogens (tertiary/aromatic N) is 2. The van der Waals surface area contributed by atoms with Crippen molar-refractivity contribution in [3.8, 4) is 0 Å². The second-order valence-corrected chi connectivity index (χ2v) is 21.2. The minimum Gasteiger partial charge on any atom is -0.456 e. The van der Waals surface area contributed by atoms with E-state index in [4.69, 9.17) is 8.83 Å². The molecule has 320 valence electrons. The fourth-order valence-corrected chi connectivity index (χ4v) is 11.6. The lowest BCUT2D eigenvalue weighted by atomic mass is 9.33. The molecule has 0 atom stereocenters. The summed E-state index contributed by atoms with van der Waals surface area (Å²) in [6.45, 7) is 20.3. The first-order valence-corrected chi connectivity index (χ1v) is 23.4. The van der Waals surface area contributed by atoms with Crippen LogP contribution in [-0.4, -0.2) is 6.71 Å². The molecule has 9 aromatic carbocycles. The molecule has 2 aliphatic heterocycles. The highest BCUT2D eigenvalue weighted by Crippen LogP contribution is 2.57. The van der Waals surface area contributed by atoms with Crippen molar-refractivity contribution >= 4 is 123 Å². The molecule has 0 fully saturated rings. The summed E-state index contributed by atoms with van der Waals surface area (Å²) >= 11 is 0. The molecule has 13 rings (SSSR count). The van der Waals surface area contributed by atoms with Gasteiger partial charge in [0.05, 0.1) is 22.7 Å². The zero-order valence-electron chi connectivity index (χ0n) is 39.1. The monoisotopic (exact) mass is 854 g/mol. The normalized spacial score (nSPS) is 13.7. The van der Waals surface area contributed by atoms with E-state index in [2.05, 4.69) is 218 Å². The van der Waals surface area contributed by atoms with Gasteiger partial charge in [-0.3, -0.25) is 0 Å². The lowest BCUT2D eigenvalue weighted by Gasteiger charge is -2.46. The van der Waals surface area contributed by atoms with Crippen molar-refractivity contribution in [3.63, 3.8) is 0 Å². The van der Waals surface area contributed by atoms with Gasteiger partial charge in [0, 0.05) is 32.9 Å². The van der Waals surface area contributed by atoms with Gasteiger partial charge in [-0.05, 0) is 136 Å². The summed E-state index contributed by atoms with van der Waals surface area (Å²) in [5.41, 5.74) is 20.9. The van der Waals surface area contributed by atoms with E-state index >= 15 is 0 Å². The minimum absolute atomic E-state index is 0.00567. The molecular formula is C61H51BN2O2. The predicted molar refractivity (Wildman–Crippen MR) is 282 cm³/mol. The first-order valence-electron chi connectivity index (χ1n) is 23.4. The van der Waals surface area contributed by atoms with Crippen LogP contribution in [0.1, 0.15) is 69.4 Å². The smallest absolute Gasteiger partial charge is 0.248 e. The van der Waals surface area contributed by atoms with Crippen LogP contribution >= 0.6 is 0 Å². The molecule has 0 unspecified atom stereocenters. The Kier molecular flexibility index (Phi) is 7.96. The van der Waals surface area contributed by atoms with Crippen molar-refractivity contribution in [2.45, 2.75) is 73.1 Å². The van der Waals surface area contributed by atoms with E-state index in [9.17, 15) is 0 Å². The van der Waals surface area contributed by atoms with Crippen molar-refractivity contribution in [3.05, 3.63) is 173 Å². The van der Waals surface area contributed by atoms with Gasteiger partial charge < -0.3 is 18.6 Å². The SMILES string of the molecule is Cc1cc(C)c(B2c3cc4oc5cc(C(C)(C)C)ccc5c4cc3N3c4cc5ccccc5cc4N(c4ccc5oc6cc(C(C)(C)C)ccc6c5c4)c4cc5ccccc5c2c43)c(C)c1. The fourth-order valence-electron chi connectivity index (χ4n) is 11.6. The van der Waals surface area contributed by atoms with Gasteiger partial charge in [-0.2, -0.15) is 0 Å². The van der Waals surface area contributed by atoms with Crippen LogP contribution in [-0.2, 0) is 10.8 Å². The average molecular weight is 855 g/mol. The number of aryl methyl sites for hydroxylation is 3. The summed E-state index contributed by atoms with van der Waals surface area (Å²) < 4.78 is 13.6. The molecular weight excluding hydrogens is 803 g/mol. The molecule has 0 saturated heterocycles. The number of benzene rings is 9. The van der Waals surface area contributed by atoms with Gasteiger partial charge in [0.1, 0.15) is 22.3 Å². The summed E-state index contributed by atoms with van der Waals surface area (Å²) in [5, 5.41) is 9.36. The third-order valence-electron chi connectivity index (χ3n) is 14.8. The van der Waals surface area contributed by atoms with Gasteiger partial charge in [0.25, 0.3) is 0 Å². The maximum Gasteiger partial charge on any atom is 0.248 e. The van der Waals surface area contributed by atoms with Crippen molar-refractivity contribution in [2.75, 3.05) is 9.80 Å². The van der Waals surface area contributed by atoms with Gasteiger partial charge in [0.2, 0.25) is 6.71 Å². The number of rotatable bonds is 2. The van der Waals surface area contributed by atoms with Gasteiger partial charge in [0.15, 0.2) is 0 Å². The van der Waals surface area contributed by atoms with E-state index in [1.807, 2.05) is 0 Å². The Balaban J connectivity index is 1.17. The van der Waals surface area contributed by atoms with Crippen molar-refractivity contribution in [2.24, 2.45) is 0 Å². The van der Waals surface area contributed by atoms with Gasteiger partial charge in [-0.15, -0.1) is 0 Å². The highest BCUT2D eigenvalue weighted by atomic mass is 16.3. The van der Waals surface area contributed by atoms with Crippen LogP contribution in [0.15, 0.2) is 154 Å². The molecule has 5 heteroatoms. The molecule has 11 aromatic rings. The third kappa shape index (κ3) is 5.59.